The Kier molecular flexibility index (Phi) is 6.34. The van der Waals surface area contributed by atoms with Gasteiger partial charge in [0.15, 0.2) is 5.96 Å². The molecule has 3 rings (SSSR count). The lowest BCUT2D eigenvalue weighted by molar-refractivity contribution is 0.0186. The van der Waals surface area contributed by atoms with E-state index in [-0.39, 0.29) is 6.09 Å². The van der Waals surface area contributed by atoms with Gasteiger partial charge in [0.05, 0.1) is 12.1 Å². The maximum absolute atomic E-state index is 12.2. The number of hydrogen-bond donors (Lipinski definition) is 1. The second-order valence-electron chi connectivity index (χ2n) is 8.68. The highest BCUT2D eigenvalue weighted by molar-refractivity contribution is 5.85. The number of pyridine rings is 1. The van der Waals surface area contributed by atoms with E-state index in [1.165, 1.54) is 0 Å². The number of ether oxygens (including phenoxy) is 1. The average molecular weight is 413 g/mol. The Morgan fingerprint density at radius 3 is 2.43 bits per heavy atom. The Labute approximate surface area is 178 Å². The summed E-state index contributed by atoms with van der Waals surface area (Å²) in [7, 11) is 3.95. The van der Waals surface area contributed by atoms with Gasteiger partial charge in [0, 0.05) is 45.7 Å². The predicted molar refractivity (Wildman–Crippen MR) is 121 cm³/mol. The van der Waals surface area contributed by atoms with Crippen molar-refractivity contribution in [3.05, 3.63) is 35.9 Å². The third-order valence-electron chi connectivity index (χ3n) is 4.91. The van der Waals surface area contributed by atoms with Gasteiger partial charge in [0.25, 0.3) is 0 Å². The summed E-state index contributed by atoms with van der Waals surface area (Å²) in [6.07, 6.45) is -0.280. The van der Waals surface area contributed by atoms with Crippen LogP contribution in [-0.4, -0.2) is 72.7 Å². The van der Waals surface area contributed by atoms with Crippen molar-refractivity contribution in [1.29, 1.82) is 0 Å². The SMILES string of the molecule is CN(C)c1cc(CN=C(N)N2CCN(C(=O)OC(C)(C)C)CC2)c2ccccc2n1. The van der Waals surface area contributed by atoms with E-state index in [9.17, 15) is 4.79 Å². The topological polar surface area (TPSA) is 87.3 Å². The van der Waals surface area contributed by atoms with Crippen LogP contribution in [0.4, 0.5) is 10.6 Å². The molecule has 1 aromatic carbocycles. The number of guanidine groups is 1. The van der Waals surface area contributed by atoms with Gasteiger partial charge in [-0.1, -0.05) is 18.2 Å². The Morgan fingerprint density at radius 1 is 1.17 bits per heavy atom. The molecule has 8 nitrogen and oxygen atoms in total. The normalized spacial score (nSPS) is 15.4. The van der Waals surface area contributed by atoms with Crippen molar-refractivity contribution in [2.24, 2.45) is 10.7 Å². The number of hydrogen-bond acceptors (Lipinski definition) is 5. The lowest BCUT2D eigenvalue weighted by atomic mass is 10.1. The molecule has 162 valence electrons. The Morgan fingerprint density at radius 2 is 1.80 bits per heavy atom. The number of nitrogens with two attached hydrogens (primary N) is 1. The number of anilines is 1. The molecule has 1 saturated heterocycles. The molecule has 2 N–H and O–H groups in total. The third-order valence-corrected chi connectivity index (χ3v) is 4.91. The van der Waals surface area contributed by atoms with Crippen LogP contribution in [0.15, 0.2) is 35.3 Å². The molecular weight excluding hydrogens is 380 g/mol. The fourth-order valence-electron chi connectivity index (χ4n) is 3.30. The fraction of sp³-hybridized carbons (Fsp3) is 0.500. The molecule has 0 aliphatic carbocycles. The molecule has 0 spiro atoms. The minimum absolute atomic E-state index is 0.280. The van der Waals surface area contributed by atoms with Gasteiger partial charge < -0.3 is 25.2 Å². The van der Waals surface area contributed by atoms with Gasteiger partial charge in [-0.25, -0.2) is 14.8 Å². The van der Waals surface area contributed by atoms with Crippen LogP contribution in [0.25, 0.3) is 10.9 Å². The van der Waals surface area contributed by atoms with Gasteiger partial charge in [0.2, 0.25) is 0 Å². The number of rotatable bonds is 3. The van der Waals surface area contributed by atoms with Gasteiger partial charge in [-0.3, -0.25) is 0 Å². The number of para-hydroxylation sites is 1. The number of fused-ring (bicyclic) bond motifs is 1. The number of nitrogens with zero attached hydrogens (tertiary/aromatic N) is 5. The number of carbonyl (C=O) groups excluding carboxylic acids is 1. The van der Waals surface area contributed by atoms with Gasteiger partial charge in [-0.15, -0.1) is 0 Å². The summed E-state index contributed by atoms with van der Waals surface area (Å²) in [5.41, 5.74) is 7.81. The van der Waals surface area contributed by atoms with Crippen LogP contribution in [-0.2, 0) is 11.3 Å². The van der Waals surface area contributed by atoms with Crippen molar-refractivity contribution in [3.63, 3.8) is 0 Å². The van der Waals surface area contributed by atoms with Crippen molar-refractivity contribution in [3.8, 4) is 0 Å². The van der Waals surface area contributed by atoms with Crippen LogP contribution in [0, 0.1) is 0 Å². The summed E-state index contributed by atoms with van der Waals surface area (Å²) in [5.74, 6) is 1.38. The van der Waals surface area contributed by atoms with E-state index < -0.39 is 5.60 Å². The molecule has 0 unspecified atom stereocenters. The maximum Gasteiger partial charge on any atom is 0.410 e. The van der Waals surface area contributed by atoms with E-state index in [0.717, 1.165) is 22.3 Å². The highest BCUT2D eigenvalue weighted by atomic mass is 16.6. The minimum Gasteiger partial charge on any atom is -0.444 e. The van der Waals surface area contributed by atoms with Crippen LogP contribution in [0.1, 0.15) is 26.3 Å². The van der Waals surface area contributed by atoms with Crippen LogP contribution in [0.2, 0.25) is 0 Å². The van der Waals surface area contributed by atoms with Gasteiger partial charge >= 0.3 is 6.09 Å². The Hall–Kier alpha value is -3.03. The van der Waals surface area contributed by atoms with E-state index in [2.05, 4.69) is 22.1 Å². The van der Waals surface area contributed by atoms with E-state index in [1.807, 2.05) is 62.9 Å². The van der Waals surface area contributed by atoms with Crippen LogP contribution in [0.3, 0.4) is 0 Å². The second kappa shape index (κ2) is 8.77. The second-order valence-corrected chi connectivity index (χ2v) is 8.68. The van der Waals surface area contributed by atoms with Crippen LogP contribution < -0.4 is 10.6 Å². The summed E-state index contributed by atoms with van der Waals surface area (Å²) >= 11 is 0. The number of amides is 1. The first kappa shape index (κ1) is 21.7. The molecule has 1 aliphatic rings. The number of carbonyl (C=O) groups is 1. The molecule has 0 atom stereocenters. The van der Waals surface area contributed by atoms with Gasteiger partial charge in [-0.2, -0.15) is 0 Å². The Balaban J connectivity index is 1.67. The summed E-state index contributed by atoms with van der Waals surface area (Å²) in [6, 6.07) is 10.1. The first-order valence-corrected chi connectivity index (χ1v) is 10.2. The summed E-state index contributed by atoms with van der Waals surface area (Å²) in [6.45, 7) is 8.48. The number of benzene rings is 1. The van der Waals surface area contributed by atoms with E-state index >= 15 is 0 Å². The quantitative estimate of drug-likeness (QED) is 0.616. The predicted octanol–water partition coefficient (Wildman–Crippen LogP) is 2.67. The highest BCUT2D eigenvalue weighted by Gasteiger charge is 2.26. The molecule has 0 saturated carbocycles. The highest BCUT2D eigenvalue weighted by Crippen LogP contribution is 2.23. The zero-order chi connectivity index (χ0) is 21.9. The summed E-state index contributed by atoms with van der Waals surface area (Å²) < 4.78 is 5.45. The molecule has 30 heavy (non-hydrogen) atoms. The smallest absolute Gasteiger partial charge is 0.410 e. The summed E-state index contributed by atoms with van der Waals surface area (Å²) in [4.78, 5) is 27.3. The van der Waals surface area contributed by atoms with Crippen molar-refractivity contribution in [1.82, 2.24) is 14.8 Å². The molecule has 0 radical (unpaired) electrons. The average Bonchev–Trinajstić information content (AvgIpc) is 2.70. The van der Waals surface area contributed by atoms with Gasteiger partial charge in [-0.05, 0) is 38.5 Å². The van der Waals surface area contributed by atoms with Crippen molar-refractivity contribution >= 4 is 28.8 Å². The fourth-order valence-corrected chi connectivity index (χ4v) is 3.30. The van der Waals surface area contributed by atoms with Crippen molar-refractivity contribution < 1.29 is 9.53 Å². The van der Waals surface area contributed by atoms with Gasteiger partial charge in [0.1, 0.15) is 11.4 Å². The Bertz CT molecular complexity index is 927. The van der Waals surface area contributed by atoms with E-state index in [1.54, 1.807) is 4.90 Å². The van der Waals surface area contributed by atoms with Crippen molar-refractivity contribution in [2.75, 3.05) is 45.2 Å². The third kappa shape index (κ3) is 5.31. The zero-order valence-electron chi connectivity index (χ0n) is 18.6. The molecule has 0 bridgehead atoms. The number of piperazine rings is 1. The molecule has 1 aromatic heterocycles. The lowest BCUT2D eigenvalue weighted by Gasteiger charge is -2.36. The number of aliphatic imine (C=N–C) groups is 1. The van der Waals surface area contributed by atoms with E-state index in [0.29, 0.717) is 38.7 Å². The molecule has 1 aliphatic heterocycles. The minimum atomic E-state index is -0.493. The van der Waals surface area contributed by atoms with Crippen LogP contribution >= 0.6 is 0 Å². The first-order valence-electron chi connectivity index (χ1n) is 10.2. The van der Waals surface area contributed by atoms with Crippen molar-refractivity contribution in [2.45, 2.75) is 32.9 Å². The number of aromatic nitrogens is 1. The molecule has 1 fully saturated rings. The maximum atomic E-state index is 12.2. The monoisotopic (exact) mass is 412 g/mol. The molecule has 8 heteroatoms. The largest absolute Gasteiger partial charge is 0.444 e. The molecule has 2 heterocycles. The summed E-state index contributed by atoms with van der Waals surface area (Å²) in [5, 5.41) is 1.08. The molecule has 2 aromatic rings. The molecular formula is C22H32N6O2. The zero-order valence-corrected chi connectivity index (χ0v) is 18.6. The standard InChI is InChI=1S/C22H32N6O2/c1-22(2,3)30-21(29)28-12-10-27(11-13-28)20(23)24-15-16-14-19(26(4)5)25-18-9-7-6-8-17(16)18/h6-9,14H,10-13,15H2,1-5H3,(H2,23,24). The molecule has 1 amide bonds. The van der Waals surface area contributed by atoms with E-state index in [4.69, 9.17) is 10.5 Å². The van der Waals surface area contributed by atoms with Crippen LogP contribution in [0.5, 0.6) is 0 Å². The lowest BCUT2D eigenvalue weighted by Crippen LogP contribution is -2.53. The first-order chi connectivity index (χ1) is 14.1.